The molecule has 2 aromatic heterocycles. The average Bonchev–Trinajstić information content (AvgIpc) is 3.13. The number of fused-ring (bicyclic) bond motifs is 1. The Morgan fingerprint density at radius 2 is 2.07 bits per heavy atom. The fourth-order valence-electron chi connectivity index (χ4n) is 4.40. The molecule has 1 aromatic carbocycles. The van der Waals surface area contributed by atoms with Crippen molar-refractivity contribution in [2.75, 3.05) is 19.6 Å². The van der Waals surface area contributed by atoms with Crippen molar-refractivity contribution in [3.05, 3.63) is 48.7 Å². The van der Waals surface area contributed by atoms with Crippen LogP contribution in [0, 0.1) is 11.8 Å². The van der Waals surface area contributed by atoms with Gasteiger partial charge in [0.1, 0.15) is 5.78 Å². The highest BCUT2D eigenvalue weighted by molar-refractivity contribution is 5.88. The van der Waals surface area contributed by atoms with Gasteiger partial charge in [0.2, 0.25) is 0 Å². The van der Waals surface area contributed by atoms with Crippen LogP contribution >= 0.6 is 0 Å². The summed E-state index contributed by atoms with van der Waals surface area (Å²) >= 11 is 0. The Balaban J connectivity index is 1.50. The third kappa shape index (κ3) is 4.56. The van der Waals surface area contributed by atoms with E-state index in [0.717, 1.165) is 60.2 Å². The summed E-state index contributed by atoms with van der Waals surface area (Å²) in [6.45, 7) is 7.57. The van der Waals surface area contributed by atoms with Gasteiger partial charge in [0.15, 0.2) is 0 Å². The highest BCUT2D eigenvalue weighted by atomic mass is 16.1. The van der Waals surface area contributed by atoms with Crippen molar-refractivity contribution in [1.29, 1.82) is 0 Å². The van der Waals surface area contributed by atoms with E-state index in [1.807, 2.05) is 30.3 Å². The number of ketones is 1. The van der Waals surface area contributed by atoms with Crippen LogP contribution in [-0.2, 0) is 18.3 Å². The maximum absolute atomic E-state index is 13.0. The fourth-order valence-corrected chi connectivity index (χ4v) is 4.40. The van der Waals surface area contributed by atoms with Crippen LogP contribution in [0.25, 0.3) is 22.0 Å². The molecule has 0 spiro atoms. The smallest absolute Gasteiger partial charge is 0.143 e. The lowest BCUT2D eigenvalue weighted by Crippen LogP contribution is -2.40. The van der Waals surface area contributed by atoms with E-state index >= 15 is 0 Å². The van der Waals surface area contributed by atoms with Gasteiger partial charge in [-0.1, -0.05) is 26.0 Å². The summed E-state index contributed by atoms with van der Waals surface area (Å²) in [5, 5.41) is 2.21. The summed E-state index contributed by atoms with van der Waals surface area (Å²) < 4.78 is 2.01. The van der Waals surface area contributed by atoms with Gasteiger partial charge in [-0.2, -0.15) is 0 Å². The molecular weight excluding hydrogens is 360 g/mol. The number of Topliss-reactive ketones (excluding diaryl/α,β-unsaturated/α-hetero) is 1. The number of likely N-dealkylation sites (tertiary alicyclic amines) is 1. The minimum Gasteiger partial charge on any atom is -0.334 e. The standard InChI is InChI=1S/C24H30N4O/c1-17(2)14-28-8-4-5-20(15-28)24(29)11-22-10-21-9-18(6-7-19(21)12-26-22)23-13-25-16-27(23)3/h6-7,9-10,12-13,16-17,20H,4-5,8,11,14-15H2,1-3H3. The van der Waals surface area contributed by atoms with E-state index in [-0.39, 0.29) is 5.92 Å². The van der Waals surface area contributed by atoms with E-state index in [9.17, 15) is 4.79 Å². The summed E-state index contributed by atoms with van der Waals surface area (Å²) in [7, 11) is 2.00. The number of aryl methyl sites for hydroxylation is 1. The van der Waals surface area contributed by atoms with Gasteiger partial charge in [0.05, 0.1) is 18.2 Å². The maximum Gasteiger partial charge on any atom is 0.143 e. The van der Waals surface area contributed by atoms with Crippen LogP contribution in [-0.4, -0.2) is 44.9 Å². The first kappa shape index (κ1) is 19.8. The molecule has 4 rings (SSSR count). The Hall–Kier alpha value is -2.53. The summed E-state index contributed by atoms with van der Waals surface area (Å²) in [5.41, 5.74) is 3.07. The summed E-state index contributed by atoms with van der Waals surface area (Å²) in [5.74, 6) is 1.11. The molecule has 1 fully saturated rings. The molecule has 1 aliphatic rings. The van der Waals surface area contributed by atoms with Gasteiger partial charge < -0.3 is 9.47 Å². The number of piperidine rings is 1. The lowest BCUT2D eigenvalue weighted by Gasteiger charge is -2.33. The van der Waals surface area contributed by atoms with Crippen LogP contribution in [0.2, 0.25) is 0 Å². The Morgan fingerprint density at radius 3 is 2.83 bits per heavy atom. The van der Waals surface area contributed by atoms with Crippen molar-refractivity contribution in [2.24, 2.45) is 18.9 Å². The van der Waals surface area contributed by atoms with E-state index in [2.05, 4.69) is 53.0 Å². The predicted octanol–water partition coefficient (Wildman–Crippen LogP) is 4.11. The second kappa shape index (κ2) is 8.46. The number of carbonyl (C=O) groups is 1. The second-order valence-corrected chi connectivity index (χ2v) is 8.76. The molecule has 0 radical (unpaired) electrons. The third-order valence-corrected chi connectivity index (χ3v) is 5.83. The van der Waals surface area contributed by atoms with Crippen LogP contribution < -0.4 is 0 Å². The van der Waals surface area contributed by atoms with E-state index in [0.29, 0.717) is 18.1 Å². The molecule has 0 N–H and O–H groups in total. The van der Waals surface area contributed by atoms with Gasteiger partial charge in [0.25, 0.3) is 0 Å². The number of benzene rings is 1. The molecule has 1 aliphatic heterocycles. The molecule has 0 saturated carbocycles. The molecule has 29 heavy (non-hydrogen) atoms. The molecule has 0 amide bonds. The van der Waals surface area contributed by atoms with E-state index in [1.165, 1.54) is 0 Å². The number of nitrogens with zero attached hydrogens (tertiary/aromatic N) is 4. The Bertz CT molecular complexity index is 1010. The zero-order chi connectivity index (χ0) is 20.4. The first-order valence-electron chi connectivity index (χ1n) is 10.6. The molecule has 1 unspecified atom stereocenters. The van der Waals surface area contributed by atoms with Gasteiger partial charge in [-0.15, -0.1) is 0 Å². The monoisotopic (exact) mass is 390 g/mol. The number of pyridine rings is 1. The number of hydrogen-bond donors (Lipinski definition) is 0. The zero-order valence-electron chi connectivity index (χ0n) is 17.6. The summed E-state index contributed by atoms with van der Waals surface area (Å²) in [6, 6.07) is 8.41. The van der Waals surface area contributed by atoms with Crippen molar-refractivity contribution in [2.45, 2.75) is 33.1 Å². The molecule has 1 saturated heterocycles. The van der Waals surface area contributed by atoms with Gasteiger partial charge in [-0.25, -0.2) is 4.98 Å². The first-order valence-corrected chi connectivity index (χ1v) is 10.6. The van der Waals surface area contributed by atoms with Gasteiger partial charge in [-0.3, -0.25) is 9.78 Å². The number of carbonyl (C=O) groups excluding carboxylic acids is 1. The van der Waals surface area contributed by atoms with Crippen LogP contribution in [0.15, 0.2) is 43.0 Å². The third-order valence-electron chi connectivity index (χ3n) is 5.83. The average molecular weight is 391 g/mol. The van der Waals surface area contributed by atoms with Crippen LogP contribution in [0.1, 0.15) is 32.4 Å². The molecule has 3 aromatic rings. The van der Waals surface area contributed by atoms with Crippen molar-refractivity contribution in [1.82, 2.24) is 19.4 Å². The molecule has 0 bridgehead atoms. The number of hydrogen-bond acceptors (Lipinski definition) is 4. The minimum atomic E-state index is 0.140. The number of rotatable bonds is 6. The highest BCUT2D eigenvalue weighted by Gasteiger charge is 2.26. The van der Waals surface area contributed by atoms with Gasteiger partial charge >= 0.3 is 0 Å². The fraction of sp³-hybridized carbons (Fsp3) is 0.458. The lowest BCUT2D eigenvalue weighted by molar-refractivity contribution is -0.124. The topological polar surface area (TPSA) is 51.0 Å². The van der Waals surface area contributed by atoms with E-state index in [1.54, 1.807) is 0 Å². The van der Waals surface area contributed by atoms with Crippen molar-refractivity contribution >= 4 is 16.6 Å². The second-order valence-electron chi connectivity index (χ2n) is 8.76. The normalized spacial score (nSPS) is 17.9. The van der Waals surface area contributed by atoms with Gasteiger partial charge in [-0.05, 0) is 42.8 Å². The Morgan fingerprint density at radius 1 is 1.21 bits per heavy atom. The SMILES string of the molecule is CC(C)CN1CCCC(C(=O)Cc2cc3cc(-c4cncn4C)ccc3cn2)C1. The largest absolute Gasteiger partial charge is 0.334 e. The van der Waals surface area contributed by atoms with Crippen molar-refractivity contribution in [3.8, 4) is 11.3 Å². The van der Waals surface area contributed by atoms with E-state index < -0.39 is 0 Å². The molecule has 0 aliphatic carbocycles. The van der Waals surface area contributed by atoms with Crippen molar-refractivity contribution in [3.63, 3.8) is 0 Å². The highest BCUT2D eigenvalue weighted by Crippen LogP contribution is 2.25. The zero-order valence-corrected chi connectivity index (χ0v) is 17.6. The minimum absolute atomic E-state index is 0.140. The van der Waals surface area contributed by atoms with E-state index in [4.69, 9.17) is 0 Å². The molecule has 5 nitrogen and oxygen atoms in total. The molecule has 152 valence electrons. The number of imidazole rings is 1. The Kier molecular flexibility index (Phi) is 5.76. The summed E-state index contributed by atoms with van der Waals surface area (Å²) in [6.07, 6.45) is 8.11. The van der Waals surface area contributed by atoms with Gasteiger partial charge in [0, 0.05) is 55.3 Å². The Labute approximate surface area is 172 Å². The van der Waals surface area contributed by atoms with Crippen LogP contribution in [0.3, 0.4) is 0 Å². The molecule has 5 heteroatoms. The van der Waals surface area contributed by atoms with Crippen LogP contribution in [0.4, 0.5) is 0 Å². The molecule has 1 atom stereocenters. The molecular formula is C24H30N4O. The first-order chi connectivity index (χ1) is 14.0. The maximum atomic E-state index is 13.0. The van der Waals surface area contributed by atoms with Crippen molar-refractivity contribution < 1.29 is 4.79 Å². The molecule has 3 heterocycles. The quantitative estimate of drug-likeness (QED) is 0.635. The lowest BCUT2D eigenvalue weighted by atomic mass is 9.90. The number of aromatic nitrogens is 3. The predicted molar refractivity (Wildman–Crippen MR) is 117 cm³/mol. The van der Waals surface area contributed by atoms with Crippen LogP contribution in [0.5, 0.6) is 0 Å². The summed E-state index contributed by atoms with van der Waals surface area (Å²) in [4.78, 5) is 24.2.